The molecular formula is C15H17ClN6O. The first-order chi connectivity index (χ1) is 10.7. The molecule has 1 aromatic carbocycles. The van der Waals surface area contributed by atoms with E-state index in [2.05, 4.69) is 20.2 Å². The molecule has 3 aromatic rings. The third kappa shape index (κ3) is 2.62. The van der Waals surface area contributed by atoms with Gasteiger partial charge in [0, 0.05) is 5.56 Å². The normalized spacial score (nSPS) is 15.7. The van der Waals surface area contributed by atoms with Gasteiger partial charge in [-0.15, -0.1) is 12.4 Å². The number of nitrogens with zero attached hydrogens (tertiary/aromatic N) is 5. The molecule has 2 N–H and O–H groups in total. The number of rotatable bonds is 3. The molecule has 0 saturated heterocycles. The molecular weight excluding hydrogens is 316 g/mol. The number of aryl methyl sites for hydroxylation is 1. The molecule has 8 heteroatoms. The highest BCUT2D eigenvalue weighted by Gasteiger charge is 2.39. The van der Waals surface area contributed by atoms with Gasteiger partial charge in [0.05, 0.1) is 11.2 Å². The van der Waals surface area contributed by atoms with Crippen LogP contribution in [0.15, 0.2) is 35.4 Å². The van der Waals surface area contributed by atoms with E-state index in [1.165, 1.54) is 6.33 Å². The average molecular weight is 333 g/mol. The molecule has 0 atom stereocenters. The van der Waals surface area contributed by atoms with Gasteiger partial charge in [0.1, 0.15) is 12.7 Å². The summed E-state index contributed by atoms with van der Waals surface area (Å²) < 4.78 is 7.12. The monoisotopic (exact) mass is 332 g/mol. The van der Waals surface area contributed by atoms with Gasteiger partial charge in [-0.3, -0.25) is 0 Å². The van der Waals surface area contributed by atoms with E-state index in [-0.39, 0.29) is 12.4 Å². The van der Waals surface area contributed by atoms with E-state index in [9.17, 15) is 0 Å². The van der Waals surface area contributed by atoms with Gasteiger partial charge < -0.3 is 10.3 Å². The Bertz CT molecular complexity index is 809. The minimum Gasteiger partial charge on any atom is -0.334 e. The Morgan fingerprint density at radius 3 is 2.74 bits per heavy atom. The molecule has 1 aliphatic carbocycles. The van der Waals surface area contributed by atoms with Gasteiger partial charge in [-0.25, -0.2) is 9.67 Å². The lowest BCUT2D eigenvalue weighted by atomic mass is 9.77. The van der Waals surface area contributed by atoms with Crippen molar-refractivity contribution in [3.63, 3.8) is 0 Å². The Labute approximate surface area is 139 Å². The summed E-state index contributed by atoms with van der Waals surface area (Å²) in [4.78, 5) is 8.44. The van der Waals surface area contributed by atoms with Crippen LogP contribution in [-0.4, -0.2) is 24.9 Å². The van der Waals surface area contributed by atoms with E-state index < -0.39 is 5.54 Å². The summed E-state index contributed by atoms with van der Waals surface area (Å²) in [6.45, 7) is 2.00. The first-order valence-corrected chi connectivity index (χ1v) is 7.25. The summed E-state index contributed by atoms with van der Waals surface area (Å²) in [5, 5.41) is 8.18. The van der Waals surface area contributed by atoms with E-state index in [0.717, 1.165) is 36.1 Å². The first-order valence-electron chi connectivity index (χ1n) is 7.25. The van der Waals surface area contributed by atoms with Crippen molar-refractivity contribution < 1.29 is 4.52 Å². The number of halogens is 1. The molecule has 2 heterocycles. The van der Waals surface area contributed by atoms with Crippen molar-refractivity contribution in [3.05, 3.63) is 42.2 Å². The fourth-order valence-electron chi connectivity index (χ4n) is 2.69. The van der Waals surface area contributed by atoms with Crippen LogP contribution in [0.4, 0.5) is 0 Å². The molecule has 2 aromatic heterocycles. The molecule has 23 heavy (non-hydrogen) atoms. The molecule has 7 nitrogen and oxygen atoms in total. The summed E-state index contributed by atoms with van der Waals surface area (Å²) in [7, 11) is 0. The van der Waals surface area contributed by atoms with Gasteiger partial charge in [-0.2, -0.15) is 10.1 Å². The Morgan fingerprint density at radius 2 is 2.13 bits per heavy atom. The van der Waals surface area contributed by atoms with Crippen LogP contribution in [0.5, 0.6) is 0 Å². The van der Waals surface area contributed by atoms with E-state index in [1.54, 1.807) is 11.0 Å². The Kier molecular flexibility index (Phi) is 3.91. The van der Waals surface area contributed by atoms with Crippen LogP contribution in [0.25, 0.3) is 17.1 Å². The summed E-state index contributed by atoms with van der Waals surface area (Å²) in [6.07, 6.45) is 6.11. The molecule has 1 fully saturated rings. The minimum absolute atomic E-state index is 0. The first kappa shape index (κ1) is 15.6. The molecule has 0 aliphatic heterocycles. The zero-order valence-corrected chi connectivity index (χ0v) is 13.5. The summed E-state index contributed by atoms with van der Waals surface area (Å²) in [5.41, 5.74) is 8.71. The lowest BCUT2D eigenvalue weighted by Crippen LogP contribution is -2.44. The number of hydrogen-bond acceptors (Lipinski definition) is 6. The maximum atomic E-state index is 6.24. The summed E-state index contributed by atoms with van der Waals surface area (Å²) in [5.74, 6) is 1.11. The van der Waals surface area contributed by atoms with Gasteiger partial charge in [-0.1, -0.05) is 5.16 Å². The molecule has 1 saturated carbocycles. The highest BCUT2D eigenvalue weighted by atomic mass is 35.5. The molecule has 0 unspecified atom stereocenters. The van der Waals surface area contributed by atoms with Crippen molar-refractivity contribution in [3.8, 4) is 17.1 Å². The average Bonchev–Trinajstić information content (AvgIpc) is 3.16. The largest absolute Gasteiger partial charge is 0.334 e. The van der Waals surface area contributed by atoms with E-state index in [0.29, 0.717) is 11.7 Å². The third-order valence-corrected chi connectivity index (χ3v) is 4.24. The van der Waals surface area contributed by atoms with Crippen LogP contribution in [-0.2, 0) is 5.54 Å². The zero-order valence-electron chi connectivity index (χ0n) is 12.6. The van der Waals surface area contributed by atoms with Crippen molar-refractivity contribution in [2.75, 3.05) is 0 Å². The van der Waals surface area contributed by atoms with Gasteiger partial charge in [0.2, 0.25) is 0 Å². The second kappa shape index (κ2) is 5.75. The molecule has 1 aliphatic rings. The van der Waals surface area contributed by atoms with Crippen molar-refractivity contribution in [1.29, 1.82) is 0 Å². The maximum Gasteiger partial charge on any atom is 0.258 e. The maximum absolute atomic E-state index is 6.24. The summed E-state index contributed by atoms with van der Waals surface area (Å²) >= 11 is 0. The lowest BCUT2D eigenvalue weighted by Gasteiger charge is -2.34. The Morgan fingerprint density at radius 1 is 1.30 bits per heavy atom. The fraction of sp³-hybridized carbons (Fsp3) is 0.333. The van der Waals surface area contributed by atoms with Gasteiger partial charge in [0.15, 0.2) is 5.82 Å². The van der Waals surface area contributed by atoms with Crippen LogP contribution < -0.4 is 5.73 Å². The SMILES string of the molecule is Cc1cc(-n2cncn2)ccc1-c1nc(C2(N)CCC2)no1.Cl. The Balaban J connectivity index is 0.00000156. The van der Waals surface area contributed by atoms with E-state index in [1.807, 2.05) is 25.1 Å². The molecule has 4 rings (SSSR count). The topological polar surface area (TPSA) is 95.7 Å². The third-order valence-electron chi connectivity index (χ3n) is 4.24. The van der Waals surface area contributed by atoms with Gasteiger partial charge >= 0.3 is 0 Å². The number of benzene rings is 1. The number of aromatic nitrogens is 5. The molecule has 0 amide bonds. The van der Waals surface area contributed by atoms with Gasteiger partial charge in [0.25, 0.3) is 5.89 Å². The number of nitrogens with two attached hydrogens (primary N) is 1. The van der Waals surface area contributed by atoms with Crippen molar-refractivity contribution >= 4 is 12.4 Å². The second-order valence-corrected chi connectivity index (χ2v) is 5.77. The molecule has 0 radical (unpaired) electrons. The zero-order chi connectivity index (χ0) is 15.2. The van der Waals surface area contributed by atoms with Gasteiger partial charge in [-0.05, 0) is 49.9 Å². The Hall–Kier alpha value is -2.25. The van der Waals surface area contributed by atoms with E-state index >= 15 is 0 Å². The molecule has 0 bridgehead atoms. The van der Waals surface area contributed by atoms with Crippen molar-refractivity contribution in [1.82, 2.24) is 24.9 Å². The van der Waals surface area contributed by atoms with Crippen LogP contribution in [0, 0.1) is 6.92 Å². The minimum atomic E-state index is -0.406. The van der Waals surface area contributed by atoms with Crippen LogP contribution in [0.1, 0.15) is 30.7 Å². The smallest absolute Gasteiger partial charge is 0.258 e. The van der Waals surface area contributed by atoms with E-state index in [4.69, 9.17) is 10.3 Å². The van der Waals surface area contributed by atoms with Crippen LogP contribution >= 0.6 is 12.4 Å². The number of hydrogen-bond donors (Lipinski definition) is 1. The van der Waals surface area contributed by atoms with Crippen molar-refractivity contribution in [2.45, 2.75) is 31.7 Å². The standard InChI is InChI=1S/C15H16N6O.ClH/c1-10-7-11(21-9-17-8-18-21)3-4-12(10)13-19-14(20-22-13)15(16)5-2-6-15;/h3-4,7-9H,2,5-6,16H2,1H3;1H. The quantitative estimate of drug-likeness (QED) is 0.791. The highest BCUT2D eigenvalue weighted by Crippen LogP contribution is 2.38. The highest BCUT2D eigenvalue weighted by molar-refractivity contribution is 5.85. The molecule has 120 valence electrons. The predicted molar refractivity (Wildman–Crippen MR) is 86.4 cm³/mol. The summed E-state index contributed by atoms with van der Waals surface area (Å²) in [6, 6.07) is 5.91. The predicted octanol–water partition coefficient (Wildman–Crippen LogP) is 2.39. The second-order valence-electron chi connectivity index (χ2n) is 5.77. The molecule has 0 spiro atoms. The lowest BCUT2D eigenvalue weighted by molar-refractivity contribution is 0.229. The fourth-order valence-corrected chi connectivity index (χ4v) is 2.69. The van der Waals surface area contributed by atoms with Crippen molar-refractivity contribution in [2.24, 2.45) is 5.73 Å². The van der Waals surface area contributed by atoms with Crippen LogP contribution in [0.3, 0.4) is 0 Å². The van der Waals surface area contributed by atoms with Crippen LogP contribution in [0.2, 0.25) is 0 Å².